The molecule has 1 rings (SSSR count). The number of nitrogens with zero attached hydrogens (tertiary/aromatic N) is 2. The number of hydrogen-bond acceptors (Lipinski definition) is 2. The van der Waals surface area contributed by atoms with Gasteiger partial charge in [0.05, 0.1) is 9.50 Å². The summed E-state index contributed by atoms with van der Waals surface area (Å²) < 4.78 is 0.927. The third kappa shape index (κ3) is 2.58. The molecule has 1 aromatic rings. The molecule has 1 heterocycles. The zero-order valence-corrected chi connectivity index (χ0v) is 10.2. The van der Waals surface area contributed by atoms with Crippen molar-refractivity contribution in [3.63, 3.8) is 0 Å². The maximum Gasteiger partial charge on any atom is 0.142 e. The van der Waals surface area contributed by atoms with Crippen LogP contribution in [0.1, 0.15) is 13.8 Å². The van der Waals surface area contributed by atoms with E-state index in [1.807, 2.05) is 13.1 Å². The van der Waals surface area contributed by atoms with Crippen molar-refractivity contribution in [1.29, 1.82) is 0 Å². The maximum atomic E-state index is 5.79. The van der Waals surface area contributed by atoms with Crippen LogP contribution in [-0.4, -0.2) is 18.1 Å². The van der Waals surface area contributed by atoms with Crippen LogP contribution < -0.4 is 4.90 Å². The standard InChI is InChI=1S/C9H12BrClN2/c1-6(2)13(3)9-8(10)4-7(11)5-12-9/h4-6H,1-3H3. The van der Waals surface area contributed by atoms with Gasteiger partial charge in [0.25, 0.3) is 0 Å². The second-order valence-electron chi connectivity index (χ2n) is 3.16. The van der Waals surface area contributed by atoms with Gasteiger partial charge < -0.3 is 4.90 Å². The molecule has 0 N–H and O–H groups in total. The number of rotatable bonds is 2. The Morgan fingerprint density at radius 3 is 2.62 bits per heavy atom. The summed E-state index contributed by atoms with van der Waals surface area (Å²) in [5, 5.41) is 0.646. The molecule has 0 aliphatic rings. The van der Waals surface area contributed by atoms with Crippen LogP contribution in [0.2, 0.25) is 5.02 Å². The lowest BCUT2D eigenvalue weighted by Crippen LogP contribution is -2.26. The normalized spacial score (nSPS) is 10.6. The Balaban J connectivity index is 3.01. The minimum Gasteiger partial charge on any atom is -0.356 e. The van der Waals surface area contributed by atoms with Gasteiger partial charge in [-0.1, -0.05) is 11.6 Å². The zero-order valence-electron chi connectivity index (χ0n) is 7.88. The predicted molar refractivity (Wildman–Crippen MR) is 60.5 cm³/mol. The van der Waals surface area contributed by atoms with Gasteiger partial charge in [0, 0.05) is 19.3 Å². The molecular formula is C9H12BrClN2. The van der Waals surface area contributed by atoms with E-state index in [0.29, 0.717) is 11.1 Å². The van der Waals surface area contributed by atoms with E-state index in [4.69, 9.17) is 11.6 Å². The van der Waals surface area contributed by atoms with Crippen LogP contribution in [0, 0.1) is 0 Å². The summed E-state index contributed by atoms with van der Waals surface area (Å²) in [6, 6.07) is 2.27. The number of pyridine rings is 1. The Kier molecular flexibility index (Phi) is 3.56. The Morgan fingerprint density at radius 2 is 2.15 bits per heavy atom. The molecule has 13 heavy (non-hydrogen) atoms. The second-order valence-corrected chi connectivity index (χ2v) is 4.45. The molecular weight excluding hydrogens is 251 g/mol. The summed E-state index contributed by atoms with van der Waals surface area (Å²) >= 11 is 9.22. The molecule has 1 aromatic heterocycles. The van der Waals surface area contributed by atoms with Crippen molar-refractivity contribution in [3.05, 3.63) is 21.8 Å². The molecule has 0 bridgehead atoms. The van der Waals surface area contributed by atoms with Crippen LogP contribution in [-0.2, 0) is 0 Å². The summed E-state index contributed by atoms with van der Waals surface area (Å²) in [4.78, 5) is 6.33. The number of hydrogen-bond donors (Lipinski definition) is 0. The van der Waals surface area contributed by atoms with E-state index in [-0.39, 0.29) is 0 Å². The van der Waals surface area contributed by atoms with E-state index in [1.54, 1.807) is 6.20 Å². The minimum absolute atomic E-state index is 0.421. The zero-order chi connectivity index (χ0) is 10.0. The van der Waals surface area contributed by atoms with E-state index in [0.717, 1.165) is 10.3 Å². The van der Waals surface area contributed by atoms with Crippen molar-refractivity contribution in [3.8, 4) is 0 Å². The fourth-order valence-electron chi connectivity index (χ4n) is 0.911. The first-order chi connectivity index (χ1) is 6.02. The monoisotopic (exact) mass is 262 g/mol. The molecule has 0 aliphatic heterocycles. The van der Waals surface area contributed by atoms with Gasteiger partial charge >= 0.3 is 0 Å². The molecule has 72 valence electrons. The Hall–Kier alpha value is -0.280. The van der Waals surface area contributed by atoms with E-state index in [9.17, 15) is 0 Å². The summed E-state index contributed by atoms with van der Waals surface area (Å²) in [6.45, 7) is 4.23. The summed E-state index contributed by atoms with van der Waals surface area (Å²) in [5.74, 6) is 0.916. The third-order valence-corrected chi connectivity index (χ3v) is 2.69. The molecule has 0 spiro atoms. The van der Waals surface area contributed by atoms with Crippen molar-refractivity contribution in [2.75, 3.05) is 11.9 Å². The molecule has 0 saturated carbocycles. The molecule has 4 heteroatoms. The second kappa shape index (κ2) is 4.29. The van der Waals surface area contributed by atoms with E-state index in [1.165, 1.54) is 0 Å². The third-order valence-electron chi connectivity index (χ3n) is 1.90. The highest BCUT2D eigenvalue weighted by atomic mass is 79.9. The average molecular weight is 264 g/mol. The number of aromatic nitrogens is 1. The van der Waals surface area contributed by atoms with Gasteiger partial charge in [-0.2, -0.15) is 0 Å². The molecule has 0 aliphatic carbocycles. The van der Waals surface area contributed by atoms with Crippen LogP contribution in [0.25, 0.3) is 0 Å². The van der Waals surface area contributed by atoms with Gasteiger partial charge in [0.2, 0.25) is 0 Å². The average Bonchev–Trinajstić information content (AvgIpc) is 2.03. The quantitative estimate of drug-likeness (QED) is 0.813. The van der Waals surface area contributed by atoms with Crippen molar-refractivity contribution < 1.29 is 0 Å². The van der Waals surface area contributed by atoms with Crippen LogP contribution >= 0.6 is 27.5 Å². The van der Waals surface area contributed by atoms with Crippen LogP contribution in [0.4, 0.5) is 5.82 Å². The van der Waals surface area contributed by atoms with E-state index in [2.05, 4.69) is 39.7 Å². The minimum atomic E-state index is 0.421. The van der Waals surface area contributed by atoms with E-state index < -0.39 is 0 Å². The first-order valence-electron chi connectivity index (χ1n) is 4.06. The Morgan fingerprint density at radius 1 is 1.54 bits per heavy atom. The molecule has 0 radical (unpaired) electrons. The van der Waals surface area contributed by atoms with Gasteiger partial charge in [0.15, 0.2) is 0 Å². The first-order valence-corrected chi connectivity index (χ1v) is 5.23. The first kappa shape index (κ1) is 10.8. The van der Waals surface area contributed by atoms with Gasteiger partial charge in [-0.25, -0.2) is 4.98 Å². The SMILES string of the molecule is CC(C)N(C)c1ncc(Cl)cc1Br. The molecule has 0 unspecified atom stereocenters. The molecule has 0 atom stereocenters. The van der Waals surface area contributed by atoms with Crippen molar-refractivity contribution in [2.45, 2.75) is 19.9 Å². The molecule has 0 saturated heterocycles. The predicted octanol–water partition coefficient (Wildman–Crippen LogP) is 3.34. The maximum absolute atomic E-state index is 5.79. The van der Waals surface area contributed by atoms with Crippen LogP contribution in [0.5, 0.6) is 0 Å². The summed E-state index contributed by atoms with van der Waals surface area (Å²) in [5.41, 5.74) is 0. The van der Waals surface area contributed by atoms with Crippen molar-refractivity contribution >= 4 is 33.3 Å². The Labute approximate surface area is 92.0 Å². The summed E-state index contributed by atoms with van der Waals surface area (Å²) in [6.07, 6.45) is 1.65. The largest absolute Gasteiger partial charge is 0.356 e. The number of halogens is 2. The van der Waals surface area contributed by atoms with Crippen LogP contribution in [0.3, 0.4) is 0 Å². The molecule has 2 nitrogen and oxygen atoms in total. The lowest BCUT2D eigenvalue weighted by molar-refractivity contribution is 0.741. The molecule has 0 aromatic carbocycles. The van der Waals surface area contributed by atoms with Gasteiger partial charge in [-0.05, 0) is 35.8 Å². The van der Waals surface area contributed by atoms with Gasteiger partial charge in [-0.3, -0.25) is 0 Å². The molecule has 0 amide bonds. The highest BCUT2D eigenvalue weighted by Crippen LogP contribution is 2.26. The van der Waals surface area contributed by atoms with Gasteiger partial charge in [0.1, 0.15) is 5.82 Å². The highest BCUT2D eigenvalue weighted by molar-refractivity contribution is 9.10. The number of anilines is 1. The Bertz CT molecular complexity index is 302. The van der Waals surface area contributed by atoms with Crippen LogP contribution in [0.15, 0.2) is 16.7 Å². The lowest BCUT2D eigenvalue weighted by Gasteiger charge is -2.23. The van der Waals surface area contributed by atoms with E-state index >= 15 is 0 Å². The fraction of sp³-hybridized carbons (Fsp3) is 0.444. The van der Waals surface area contributed by atoms with Crippen molar-refractivity contribution in [1.82, 2.24) is 4.98 Å². The highest BCUT2D eigenvalue weighted by Gasteiger charge is 2.10. The summed E-state index contributed by atoms with van der Waals surface area (Å²) in [7, 11) is 2.01. The lowest BCUT2D eigenvalue weighted by atomic mass is 10.3. The van der Waals surface area contributed by atoms with Gasteiger partial charge in [-0.15, -0.1) is 0 Å². The van der Waals surface area contributed by atoms with Crippen molar-refractivity contribution in [2.24, 2.45) is 0 Å². The fourth-order valence-corrected chi connectivity index (χ4v) is 1.83. The topological polar surface area (TPSA) is 16.1 Å². The molecule has 0 fully saturated rings. The smallest absolute Gasteiger partial charge is 0.142 e.